The van der Waals surface area contributed by atoms with Gasteiger partial charge in [0.2, 0.25) is 11.8 Å². The fraction of sp³-hybridized carbons (Fsp3) is 0.875. The summed E-state index contributed by atoms with van der Waals surface area (Å²) in [7, 11) is 0. The average Bonchev–Trinajstić information content (AvgIpc) is 3.09. The number of hydrogen-bond donors (Lipinski definition) is 1. The van der Waals surface area contributed by atoms with Crippen LogP contribution in [0.1, 0.15) is 38.5 Å². The van der Waals surface area contributed by atoms with Gasteiger partial charge in [-0.2, -0.15) is 0 Å². The highest BCUT2D eigenvalue weighted by Crippen LogP contribution is 2.26. The smallest absolute Gasteiger partial charge is 0.242 e. The predicted octanol–water partition coefficient (Wildman–Crippen LogP) is 0.355. The molecule has 0 aromatic rings. The molecular weight excluding hydrogens is 282 g/mol. The highest BCUT2D eigenvalue weighted by atomic mass is 16.5. The number of amides is 2. The van der Waals surface area contributed by atoms with Gasteiger partial charge >= 0.3 is 0 Å². The first-order valence-corrected chi connectivity index (χ1v) is 8.55. The molecule has 0 spiro atoms. The Balaban J connectivity index is 1.62. The molecule has 3 aliphatic rings. The molecule has 3 rings (SSSR count). The van der Waals surface area contributed by atoms with Gasteiger partial charge in [-0.15, -0.1) is 0 Å². The van der Waals surface area contributed by atoms with Crippen molar-refractivity contribution < 1.29 is 14.3 Å². The minimum Gasteiger partial charge on any atom is -0.381 e. The number of piperidine rings is 1. The molecule has 2 amide bonds. The Bertz CT molecular complexity index is 428. The summed E-state index contributed by atoms with van der Waals surface area (Å²) in [5.74, 6) is 0.196. The minimum atomic E-state index is -0.795. The minimum absolute atomic E-state index is 0.00900. The lowest BCUT2D eigenvalue weighted by atomic mass is 9.87. The van der Waals surface area contributed by atoms with Crippen molar-refractivity contribution in [3.63, 3.8) is 0 Å². The summed E-state index contributed by atoms with van der Waals surface area (Å²) >= 11 is 0. The Morgan fingerprint density at radius 1 is 1.00 bits per heavy atom. The monoisotopic (exact) mass is 309 g/mol. The lowest BCUT2D eigenvalue weighted by Gasteiger charge is -2.40. The van der Waals surface area contributed by atoms with E-state index in [2.05, 4.69) is 0 Å². The van der Waals surface area contributed by atoms with Crippen LogP contribution in [0.4, 0.5) is 0 Å². The Kier molecular flexibility index (Phi) is 4.68. The van der Waals surface area contributed by atoms with E-state index >= 15 is 0 Å². The molecule has 1 atom stereocenters. The average molecular weight is 309 g/mol. The van der Waals surface area contributed by atoms with Crippen LogP contribution >= 0.6 is 0 Å². The largest absolute Gasteiger partial charge is 0.381 e. The predicted molar refractivity (Wildman–Crippen MR) is 82.1 cm³/mol. The van der Waals surface area contributed by atoms with Gasteiger partial charge in [-0.1, -0.05) is 0 Å². The second kappa shape index (κ2) is 6.54. The van der Waals surface area contributed by atoms with Crippen LogP contribution in [0.15, 0.2) is 0 Å². The molecule has 0 radical (unpaired) electrons. The van der Waals surface area contributed by atoms with Crippen molar-refractivity contribution in [1.82, 2.24) is 9.80 Å². The first-order valence-electron chi connectivity index (χ1n) is 8.55. The summed E-state index contributed by atoms with van der Waals surface area (Å²) in [5.41, 5.74) is 5.52. The summed E-state index contributed by atoms with van der Waals surface area (Å²) in [4.78, 5) is 29.1. The van der Waals surface area contributed by atoms with E-state index in [9.17, 15) is 9.59 Å². The van der Waals surface area contributed by atoms with E-state index in [1.165, 1.54) is 0 Å². The number of rotatable bonds is 2. The SMILES string of the molecule is NC1(C(=O)N2CCCC(C(=O)N3CCCC3)C2)CCOCC1. The summed E-state index contributed by atoms with van der Waals surface area (Å²) in [6, 6.07) is 0. The lowest BCUT2D eigenvalue weighted by Crippen LogP contribution is -2.60. The van der Waals surface area contributed by atoms with E-state index in [1.807, 2.05) is 9.80 Å². The maximum atomic E-state index is 12.8. The summed E-state index contributed by atoms with van der Waals surface area (Å²) in [6.07, 6.45) is 5.14. The van der Waals surface area contributed by atoms with Gasteiger partial charge in [-0.3, -0.25) is 9.59 Å². The fourth-order valence-electron chi connectivity index (χ4n) is 3.82. The highest BCUT2D eigenvalue weighted by Gasteiger charge is 2.41. The van der Waals surface area contributed by atoms with Gasteiger partial charge in [-0.05, 0) is 38.5 Å². The summed E-state index contributed by atoms with van der Waals surface area (Å²) < 4.78 is 5.32. The topological polar surface area (TPSA) is 75.9 Å². The Hall–Kier alpha value is -1.14. The van der Waals surface area contributed by atoms with E-state index in [1.54, 1.807) is 0 Å². The van der Waals surface area contributed by atoms with E-state index in [-0.39, 0.29) is 17.7 Å². The number of hydrogen-bond acceptors (Lipinski definition) is 4. The normalized spacial score (nSPS) is 28.7. The molecule has 3 heterocycles. The lowest BCUT2D eigenvalue weighted by molar-refractivity contribution is -0.145. The van der Waals surface area contributed by atoms with E-state index < -0.39 is 5.54 Å². The molecule has 6 nitrogen and oxygen atoms in total. The van der Waals surface area contributed by atoms with Crippen LogP contribution in [0.5, 0.6) is 0 Å². The van der Waals surface area contributed by atoms with Crippen LogP contribution in [0, 0.1) is 5.92 Å². The fourth-order valence-corrected chi connectivity index (χ4v) is 3.82. The van der Waals surface area contributed by atoms with E-state index in [0.717, 1.165) is 45.3 Å². The summed E-state index contributed by atoms with van der Waals surface area (Å²) in [6.45, 7) is 4.11. The molecule has 0 saturated carbocycles. The van der Waals surface area contributed by atoms with Crippen LogP contribution < -0.4 is 5.73 Å². The maximum absolute atomic E-state index is 12.8. The van der Waals surface area contributed by atoms with E-state index in [0.29, 0.717) is 32.6 Å². The molecular formula is C16H27N3O3. The van der Waals surface area contributed by atoms with Crippen molar-refractivity contribution in [3.8, 4) is 0 Å². The molecule has 3 saturated heterocycles. The quantitative estimate of drug-likeness (QED) is 0.799. The highest BCUT2D eigenvalue weighted by molar-refractivity contribution is 5.87. The van der Waals surface area contributed by atoms with Gasteiger partial charge in [0.25, 0.3) is 0 Å². The van der Waals surface area contributed by atoms with Crippen molar-refractivity contribution >= 4 is 11.8 Å². The Labute approximate surface area is 131 Å². The van der Waals surface area contributed by atoms with Crippen molar-refractivity contribution in [2.45, 2.75) is 44.1 Å². The molecule has 0 aromatic carbocycles. The van der Waals surface area contributed by atoms with Crippen molar-refractivity contribution in [3.05, 3.63) is 0 Å². The molecule has 22 heavy (non-hydrogen) atoms. The number of ether oxygens (including phenoxy) is 1. The second-order valence-corrected chi connectivity index (χ2v) is 6.89. The first-order chi connectivity index (χ1) is 10.6. The third-order valence-corrected chi connectivity index (χ3v) is 5.29. The van der Waals surface area contributed by atoms with Gasteiger partial charge in [0.05, 0.1) is 11.5 Å². The molecule has 3 fully saturated rings. The molecule has 3 aliphatic heterocycles. The number of carbonyl (C=O) groups excluding carboxylic acids is 2. The van der Waals surface area contributed by atoms with Crippen molar-refractivity contribution in [1.29, 1.82) is 0 Å². The van der Waals surface area contributed by atoms with Crippen LogP contribution in [-0.4, -0.2) is 66.5 Å². The maximum Gasteiger partial charge on any atom is 0.242 e. The zero-order valence-corrected chi connectivity index (χ0v) is 13.3. The Morgan fingerprint density at radius 3 is 2.32 bits per heavy atom. The molecule has 1 unspecified atom stereocenters. The second-order valence-electron chi connectivity index (χ2n) is 6.89. The van der Waals surface area contributed by atoms with Crippen LogP contribution in [0.2, 0.25) is 0 Å². The van der Waals surface area contributed by atoms with Crippen LogP contribution in [0.25, 0.3) is 0 Å². The zero-order chi connectivity index (χ0) is 15.6. The van der Waals surface area contributed by atoms with E-state index in [4.69, 9.17) is 10.5 Å². The molecule has 0 aromatic heterocycles. The summed E-state index contributed by atoms with van der Waals surface area (Å²) in [5, 5.41) is 0. The number of likely N-dealkylation sites (tertiary alicyclic amines) is 2. The zero-order valence-electron chi connectivity index (χ0n) is 13.3. The number of carbonyl (C=O) groups is 2. The Morgan fingerprint density at radius 2 is 1.64 bits per heavy atom. The molecule has 0 bridgehead atoms. The number of nitrogens with zero attached hydrogens (tertiary/aromatic N) is 2. The molecule has 0 aliphatic carbocycles. The van der Waals surface area contributed by atoms with Crippen LogP contribution in [-0.2, 0) is 14.3 Å². The van der Waals surface area contributed by atoms with Gasteiger partial charge < -0.3 is 20.3 Å². The standard InChI is InChI=1S/C16H27N3O3/c17-16(5-10-22-11-6-16)15(21)19-9-3-4-13(12-19)14(20)18-7-1-2-8-18/h13H,1-12,17H2. The van der Waals surface area contributed by atoms with Gasteiger partial charge in [0.1, 0.15) is 0 Å². The van der Waals surface area contributed by atoms with Gasteiger partial charge in [-0.25, -0.2) is 0 Å². The van der Waals surface area contributed by atoms with Gasteiger partial charge in [0, 0.05) is 39.4 Å². The molecule has 2 N–H and O–H groups in total. The van der Waals surface area contributed by atoms with Gasteiger partial charge in [0.15, 0.2) is 0 Å². The number of nitrogens with two attached hydrogens (primary N) is 1. The molecule has 124 valence electrons. The third-order valence-electron chi connectivity index (χ3n) is 5.29. The first kappa shape index (κ1) is 15.7. The van der Waals surface area contributed by atoms with Crippen LogP contribution in [0.3, 0.4) is 0 Å². The van der Waals surface area contributed by atoms with Crippen molar-refractivity contribution in [2.75, 3.05) is 39.4 Å². The molecule has 6 heteroatoms. The third kappa shape index (κ3) is 3.13. The van der Waals surface area contributed by atoms with Crippen molar-refractivity contribution in [2.24, 2.45) is 11.7 Å².